The molecule has 0 heterocycles. The lowest BCUT2D eigenvalue weighted by Gasteiger charge is -2.09. The van der Waals surface area contributed by atoms with Crippen LogP contribution in [0.3, 0.4) is 0 Å². The molecule has 0 saturated heterocycles. The van der Waals surface area contributed by atoms with Crippen molar-refractivity contribution in [3.63, 3.8) is 0 Å². The topological polar surface area (TPSA) is 35.2 Å². The SMILES string of the molecule is CCCCCCCOc1ccc2c(c1)CC[C@@H]2N. The first-order chi connectivity index (χ1) is 8.81. The highest BCUT2D eigenvalue weighted by molar-refractivity contribution is 5.40. The van der Waals surface area contributed by atoms with Crippen molar-refractivity contribution in [3.05, 3.63) is 29.3 Å². The standard InChI is InChI=1S/C16H25NO/c1-2-3-4-5-6-11-18-14-8-9-15-13(12-14)7-10-16(15)17/h8-9,12,16H,2-7,10-11,17H2,1H3/t16-/m0/s1. The van der Waals surface area contributed by atoms with E-state index in [2.05, 4.69) is 25.1 Å². The van der Waals surface area contributed by atoms with Crippen LogP contribution in [0.2, 0.25) is 0 Å². The fraction of sp³-hybridized carbons (Fsp3) is 0.625. The van der Waals surface area contributed by atoms with E-state index in [4.69, 9.17) is 10.5 Å². The van der Waals surface area contributed by atoms with Crippen LogP contribution >= 0.6 is 0 Å². The molecule has 1 aromatic rings. The maximum Gasteiger partial charge on any atom is 0.119 e. The quantitative estimate of drug-likeness (QED) is 0.740. The fourth-order valence-electron chi connectivity index (χ4n) is 2.61. The van der Waals surface area contributed by atoms with Gasteiger partial charge in [-0.05, 0) is 42.5 Å². The van der Waals surface area contributed by atoms with Crippen LogP contribution in [0, 0.1) is 0 Å². The third-order valence-corrected chi connectivity index (χ3v) is 3.76. The Hall–Kier alpha value is -1.02. The number of rotatable bonds is 7. The molecule has 0 bridgehead atoms. The summed E-state index contributed by atoms with van der Waals surface area (Å²) < 4.78 is 5.81. The van der Waals surface area contributed by atoms with E-state index >= 15 is 0 Å². The van der Waals surface area contributed by atoms with Crippen molar-refractivity contribution < 1.29 is 4.74 Å². The highest BCUT2D eigenvalue weighted by atomic mass is 16.5. The molecule has 1 aliphatic rings. The van der Waals surface area contributed by atoms with E-state index in [1.807, 2.05) is 0 Å². The van der Waals surface area contributed by atoms with Crippen LogP contribution in [0.5, 0.6) is 5.75 Å². The first kappa shape index (κ1) is 13.4. The van der Waals surface area contributed by atoms with Gasteiger partial charge in [0.1, 0.15) is 5.75 Å². The Bertz CT molecular complexity index is 375. The van der Waals surface area contributed by atoms with E-state index < -0.39 is 0 Å². The number of hydrogen-bond acceptors (Lipinski definition) is 2. The van der Waals surface area contributed by atoms with E-state index in [1.54, 1.807) is 0 Å². The van der Waals surface area contributed by atoms with Crippen molar-refractivity contribution in [2.75, 3.05) is 6.61 Å². The minimum Gasteiger partial charge on any atom is -0.494 e. The monoisotopic (exact) mass is 247 g/mol. The zero-order chi connectivity index (χ0) is 12.8. The molecule has 18 heavy (non-hydrogen) atoms. The molecule has 2 N–H and O–H groups in total. The van der Waals surface area contributed by atoms with Gasteiger partial charge in [-0.25, -0.2) is 0 Å². The van der Waals surface area contributed by atoms with Crippen LogP contribution in [0.25, 0.3) is 0 Å². The van der Waals surface area contributed by atoms with Crippen molar-refractivity contribution in [3.8, 4) is 5.75 Å². The van der Waals surface area contributed by atoms with Crippen LogP contribution in [0.15, 0.2) is 18.2 Å². The summed E-state index contributed by atoms with van der Waals surface area (Å²) in [5.41, 5.74) is 8.71. The van der Waals surface area contributed by atoms with Gasteiger partial charge >= 0.3 is 0 Å². The lowest BCUT2D eigenvalue weighted by Crippen LogP contribution is -2.05. The van der Waals surface area contributed by atoms with Gasteiger partial charge in [0.2, 0.25) is 0 Å². The summed E-state index contributed by atoms with van der Waals surface area (Å²) in [5.74, 6) is 1.01. The normalized spacial score (nSPS) is 17.8. The average molecular weight is 247 g/mol. The van der Waals surface area contributed by atoms with E-state index in [9.17, 15) is 0 Å². The number of fused-ring (bicyclic) bond motifs is 1. The summed E-state index contributed by atoms with van der Waals surface area (Å²) in [4.78, 5) is 0. The third kappa shape index (κ3) is 3.49. The molecule has 0 fully saturated rings. The zero-order valence-corrected chi connectivity index (χ0v) is 11.5. The molecule has 0 amide bonds. The fourth-order valence-corrected chi connectivity index (χ4v) is 2.61. The lowest BCUT2D eigenvalue weighted by molar-refractivity contribution is 0.304. The Labute approximate surface area is 111 Å². The van der Waals surface area contributed by atoms with Crippen molar-refractivity contribution in [1.82, 2.24) is 0 Å². The highest BCUT2D eigenvalue weighted by Gasteiger charge is 2.18. The maximum absolute atomic E-state index is 6.02. The van der Waals surface area contributed by atoms with Crippen molar-refractivity contribution in [2.24, 2.45) is 5.73 Å². The molecule has 0 aliphatic heterocycles. The van der Waals surface area contributed by atoms with Gasteiger partial charge in [0.25, 0.3) is 0 Å². The van der Waals surface area contributed by atoms with Gasteiger partial charge in [-0.3, -0.25) is 0 Å². The van der Waals surface area contributed by atoms with Gasteiger partial charge in [0.05, 0.1) is 6.61 Å². The van der Waals surface area contributed by atoms with Gasteiger partial charge < -0.3 is 10.5 Å². The van der Waals surface area contributed by atoms with Crippen LogP contribution in [-0.2, 0) is 6.42 Å². The second-order valence-electron chi connectivity index (χ2n) is 5.27. The Kier molecular flexibility index (Phi) is 5.06. The summed E-state index contributed by atoms with van der Waals surface area (Å²) in [5, 5.41) is 0. The zero-order valence-electron chi connectivity index (χ0n) is 11.5. The van der Waals surface area contributed by atoms with E-state index in [0.717, 1.165) is 31.6 Å². The van der Waals surface area contributed by atoms with Crippen LogP contribution in [0.4, 0.5) is 0 Å². The predicted molar refractivity (Wildman–Crippen MR) is 75.9 cm³/mol. The molecule has 2 heteroatoms. The number of benzene rings is 1. The second-order valence-corrected chi connectivity index (χ2v) is 5.27. The molecule has 1 atom stereocenters. The Morgan fingerprint density at radius 1 is 1.22 bits per heavy atom. The van der Waals surface area contributed by atoms with E-state index in [1.165, 1.54) is 36.8 Å². The molecule has 100 valence electrons. The predicted octanol–water partition coefficient (Wildman–Crippen LogP) is 3.98. The first-order valence-electron chi connectivity index (χ1n) is 7.32. The van der Waals surface area contributed by atoms with E-state index in [-0.39, 0.29) is 6.04 Å². The summed E-state index contributed by atoms with van der Waals surface area (Å²) in [6, 6.07) is 6.62. The molecule has 2 rings (SSSR count). The molecule has 0 saturated carbocycles. The molecule has 2 nitrogen and oxygen atoms in total. The maximum atomic E-state index is 6.02. The van der Waals surface area contributed by atoms with Gasteiger partial charge in [0.15, 0.2) is 0 Å². The van der Waals surface area contributed by atoms with Crippen LogP contribution in [0.1, 0.15) is 62.6 Å². The van der Waals surface area contributed by atoms with Crippen LogP contribution in [-0.4, -0.2) is 6.61 Å². The number of ether oxygens (including phenoxy) is 1. The summed E-state index contributed by atoms with van der Waals surface area (Å²) in [6.45, 7) is 3.08. The molecule has 0 unspecified atom stereocenters. The largest absolute Gasteiger partial charge is 0.494 e. The molecule has 1 aromatic carbocycles. The Morgan fingerprint density at radius 2 is 2.06 bits per heavy atom. The highest BCUT2D eigenvalue weighted by Crippen LogP contribution is 2.31. The van der Waals surface area contributed by atoms with Gasteiger partial charge in [-0.2, -0.15) is 0 Å². The smallest absolute Gasteiger partial charge is 0.119 e. The van der Waals surface area contributed by atoms with Gasteiger partial charge in [-0.1, -0.05) is 38.7 Å². The minimum atomic E-state index is 0.239. The number of nitrogens with two attached hydrogens (primary N) is 1. The van der Waals surface area contributed by atoms with Crippen molar-refractivity contribution in [1.29, 1.82) is 0 Å². The molecule has 0 spiro atoms. The van der Waals surface area contributed by atoms with E-state index in [0.29, 0.717) is 0 Å². The molecule has 1 aliphatic carbocycles. The number of unbranched alkanes of at least 4 members (excludes halogenated alkanes) is 4. The molecule has 0 radical (unpaired) electrons. The van der Waals surface area contributed by atoms with Gasteiger partial charge in [-0.15, -0.1) is 0 Å². The Balaban J connectivity index is 1.74. The summed E-state index contributed by atoms with van der Waals surface area (Å²) >= 11 is 0. The van der Waals surface area contributed by atoms with Crippen LogP contribution < -0.4 is 10.5 Å². The second kappa shape index (κ2) is 6.79. The first-order valence-corrected chi connectivity index (χ1v) is 7.32. The minimum absolute atomic E-state index is 0.239. The van der Waals surface area contributed by atoms with Gasteiger partial charge in [0, 0.05) is 6.04 Å². The lowest BCUT2D eigenvalue weighted by atomic mass is 10.1. The summed E-state index contributed by atoms with van der Waals surface area (Å²) in [6.07, 6.45) is 8.60. The molecule has 0 aromatic heterocycles. The Morgan fingerprint density at radius 3 is 2.89 bits per heavy atom. The molecular formula is C16H25NO. The number of hydrogen-bond donors (Lipinski definition) is 1. The third-order valence-electron chi connectivity index (χ3n) is 3.76. The summed E-state index contributed by atoms with van der Waals surface area (Å²) in [7, 11) is 0. The molecular weight excluding hydrogens is 222 g/mol. The van der Waals surface area contributed by atoms with Crippen molar-refractivity contribution in [2.45, 2.75) is 57.9 Å². The number of aryl methyl sites for hydroxylation is 1. The average Bonchev–Trinajstić information content (AvgIpc) is 2.75. The van der Waals surface area contributed by atoms with Crippen molar-refractivity contribution >= 4 is 0 Å².